The van der Waals surface area contributed by atoms with Crippen molar-refractivity contribution in [3.8, 4) is 33.9 Å². The molecule has 6 rings (SSSR count). The summed E-state index contributed by atoms with van der Waals surface area (Å²) in [6, 6.07) is 16.3. The van der Waals surface area contributed by atoms with Gasteiger partial charge in [-0.15, -0.1) is 0 Å². The lowest BCUT2D eigenvalue weighted by Gasteiger charge is -2.04. The van der Waals surface area contributed by atoms with Crippen LogP contribution in [0.1, 0.15) is 5.56 Å². The van der Waals surface area contributed by atoms with Gasteiger partial charge in [-0.3, -0.25) is 15.1 Å². The summed E-state index contributed by atoms with van der Waals surface area (Å²) >= 11 is 0. The van der Waals surface area contributed by atoms with Gasteiger partial charge in [-0.25, -0.2) is 9.37 Å². The third-order valence-electron chi connectivity index (χ3n) is 5.65. The van der Waals surface area contributed by atoms with Gasteiger partial charge in [-0.05, 0) is 48.4 Å². The molecule has 0 unspecified atom stereocenters. The van der Waals surface area contributed by atoms with Crippen LogP contribution in [0.4, 0.5) is 4.39 Å². The van der Waals surface area contributed by atoms with Crippen LogP contribution >= 0.6 is 0 Å². The summed E-state index contributed by atoms with van der Waals surface area (Å²) in [6.07, 6.45) is 5.37. The number of H-pyrrole nitrogens is 2. The lowest BCUT2D eigenvalue weighted by molar-refractivity contribution is 0.628. The number of imidazole rings is 1. The zero-order chi connectivity index (χ0) is 21.7. The van der Waals surface area contributed by atoms with Gasteiger partial charge in [0.1, 0.15) is 11.5 Å². The van der Waals surface area contributed by atoms with E-state index in [0.29, 0.717) is 11.5 Å². The van der Waals surface area contributed by atoms with Gasteiger partial charge >= 0.3 is 0 Å². The molecule has 0 spiro atoms. The molecule has 0 aliphatic rings. The fourth-order valence-electron chi connectivity index (χ4n) is 3.98. The minimum absolute atomic E-state index is 0.264. The fraction of sp³-hybridized carbons (Fsp3) is 0.0400. The van der Waals surface area contributed by atoms with Crippen LogP contribution in [0.25, 0.3) is 55.8 Å². The average Bonchev–Trinajstić information content (AvgIpc) is 3.43. The normalized spacial score (nSPS) is 11.4. The molecule has 32 heavy (non-hydrogen) atoms. The molecule has 0 fully saturated rings. The molecule has 0 saturated heterocycles. The Labute approximate surface area is 182 Å². The Morgan fingerprint density at radius 3 is 2.62 bits per heavy atom. The lowest BCUT2D eigenvalue weighted by Crippen LogP contribution is -1.89. The summed E-state index contributed by atoms with van der Waals surface area (Å²) in [7, 11) is 0. The molecule has 0 saturated carbocycles. The zero-order valence-corrected chi connectivity index (χ0v) is 17.1. The predicted molar refractivity (Wildman–Crippen MR) is 122 cm³/mol. The number of aryl methyl sites for hydroxylation is 1. The molecule has 2 N–H and O–H groups in total. The van der Waals surface area contributed by atoms with Crippen molar-refractivity contribution in [3.05, 3.63) is 84.6 Å². The van der Waals surface area contributed by atoms with Crippen molar-refractivity contribution in [1.29, 1.82) is 0 Å². The second-order valence-corrected chi connectivity index (χ2v) is 7.67. The van der Waals surface area contributed by atoms with E-state index in [9.17, 15) is 4.39 Å². The molecule has 154 valence electrons. The number of hydrogen-bond donors (Lipinski definition) is 2. The van der Waals surface area contributed by atoms with E-state index in [-0.39, 0.29) is 5.82 Å². The number of rotatable bonds is 3. The molecule has 6 nitrogen and oxygen atoms in total. The van der Waals surface area contributed by atoms with Crippen LogP contribution in [0.3, 0.4) is 0 Å². The molecular formula is C25H17FN6. The number of nitrogens with zero attached hydrogens (tertiary/aromatic N) is 4. The van der Waals surface area contributed by atoms with E-state index in [1.807, 2.05) is 43.5 Å². The number of aromatic amines is 2. The van der Waals surface area contributed by atoms with Gasteiger partial charge < -0.3 is 4.98 Å². The molecule has 0 bridgehead atoms. The molecule has 6 aromatic rings. The average molecular weight is 420 g/mol. The van der Waals surface area contributed by atoms with Gasteiger partial charge in [0.15, 0.2) is 5.82 Å². The maximum atomic E-state index is 13.4. The number of halogens is 1. The molecule has 0 atom stereocenters. The molecule has 2 aromatic carbocycles. The third kappa shape index (κ3) is 2.94. The maximum Gasteiger partial charge on any atom is 0.159 e. The molecule has 0 amide bonds. The zero-order valence-electron chi connectivity index (χ0n) is 17.1. The smallest absolute Gasteiger partial charge is 0.159 e. The summed E-state index contributed by atoms with van der Waals surface area (Å²) in [4.78, 5) is 17.1. The first-order valence-electron chi connectivity index (χ1n) is 10.2. The third-order valence-corrected chi connectivity index (χ3v) is 5.65. The summed E-state index contributed by atoms with van der Waals surface area (Å²) in [5.74, 6) is 0.390. The highest BCUT2D eigenvalue weighted by Crippen LogP contribution is 2.32. The van der Waals surface area contributed by atoms with E-state index in [2.05, 4.69) is 25.1 Å². The number of hydrogen-bond acceptors (Lipinski definition) is 4. The minimum atomic E-state index is -0.264. The Bertz CT molecular complexity index is 1600. The van der Waals surface area contributed by atoms with E-state index in [1.54, 1.807) is 24.5 Å². The number of para-hydroxylation sites is 1. The van der Waals surface area contributed by atoms with E-state index in [1.165, 1.54) is 12.1 Å². The van der Waals surface area contributed by atoms with Crippen LogP contribution in [0.5, 0.6) is 0 Å². The first kappa shape index (κ1) is 18.4. The highest BCUT2D eigenvalue weighted by atomic mass is 19.1. The first-order valence-corrected chi connectivity index (χ1v) is 10.2. The first-order chi connectivity index (χ1) is 15.7. The monoisotopic (exact) mass is 420 g/mol. The minimum Gasteiger partial charge on any atom is -0.337 e. The molecule has 4 heterocycles. The lowest BCUT2D eigenvalue weighted by atomic mass is 10.0. The van der Waals surface area contributed by atoms with Crippen LogP contribution in [0.15, 0.2) is 73.2 Å². The van der Waals surface area contributed by atoms with Gasteiger partial charge in [0.05, 0.1) is 28.4 Å². The van der Waals surface area contributed by atoms with Crippen molar-refractivity contribution in [2.75, 3.05) is 0 Å². The molecule has 0 aliphatic heterocycles. The predicted octanol–water partition coefficient (Wildman–Crippen LogP) is 5.68. The Morgan fingerprint density at radius 1 is 0.906 bits per heavy atom. The van der Waals surface area contributed by atoms with E-state index in [4.69, 9.17) is 4.98 Å². The Kier molecular flexibility index (Phi) is 4.07. The van der Waals surface area contributed by atoms with Crippen molar-refractivity contribution in [2.45, 2.75) is 6.92 Å². The van der Waals surface area contributed by atoms with Crippen LogP contribution in [-0.4, -0.2) is 30.1 Å². The van der Waals surface area contributed by atoms with Crippen LogP contribution < -0.4 is 0 Å². The number of fused-ring (bicyclic) bond motifs is 2. The summed E-state index contributed by atoms with van der Waals surface area (Å²) < 4.78 is 13.4. The second-order valence-electron chi connectivity index (χ2n) is 7.67. The number of aromatic nitrogens is 6. The fourth-order valence-corrected chi connectivity index (χ4v) is 3.98. The van der Waals surface area contributed by atoms with Crippen LogP contribution in [-0.2, 0) is 0 Å². The SMILES string of the molecule is Cc1ccncc1-c1cc2c(-c3nc4c(-c5ccc(F)cc5)cccc4[nH]3)n[nH]c2cn1. The molecule has 4 aromatic heterocycles. The second kappa shape index (κ2) is 7.09. The Hall–Kier alpha value is -4.39. The van der Waals surface area contributed by atoms with Gasteiger partial charge in [-0.1, -0.05) is 24.3 Å². The van der Waals surface area contributed by atoms with Crippen LogP contribution in [0.2, 0.25) is 0 Å². The largest absolute Gasteiger partial charge is 0.337 e. The summed E-state index contributed by atoms with van der Waals surface area (Å²) in [5.41, 5.74) is 7.97. The Morgan fingerprint density at radius 2 is 1.78 bits per heavy atom. The highest BCUT2D eigenvalue weighted by Gasteiger charge is 2.16. The topological polar surface area (TPSA) is 83.1 Å². The molecule has 7 heteroatoms. The van der Waals surface area contributed by atoms with E-state index < -0.39 is 0 Å². The molecule has 0 aliphatic carbocycles. The van der Waals surface area contributed by atoms with Crippen molar-refractivity contribution in [1.82, 2.24) is 30.1 Å². The number of nitrogens with one attached hydrogen (secondary N) is 2. The van der Waals surface area contributed by atoms with Gasteiger partial charge in [0, 0.05) is 28.9 Å². The van der Waals surface area contributed by atoms with E-state index in [0.717, 1.165) is 49.9 Å². The van der Waals surface area contributed by atoms with E-state index >= 15 is 0 Å². The molecular weight excluding hydrogens is 403 g/mol. The number of benzene rings is 2. The van der Waals surface area contributed by atoms with Crippen LogP contribution in [0, 0.1) is 12.7 Å². The molecule has 0 radical (unpaired) electrons. The van der Waals surface area contributed by atoms with Crippen molar-refractivity contribution in [3.63, 3.8) is 0 Å². The van der Waals surface area contributed by atoms with Gasteiger partial charge in [0.25, 0.3) is 0 Å². The van der Waals surface area contributed by atoms with Crippen molar-refractivity contribution >= 4 is 21.9 Å². The van der Waals surface area contributed by atoms with Gasteiger partial charge in [0.2, 0.25) is 0 Å². The quantitative estimate of drug-likeness (QED) is 0.386. The van der Waals surface area contributed by atoms with Crippen molar-refractivity contribution < 1.29 is 4.39 Å². The number of pyridine rings is 2. The summed E-state index contributed by atoms with van der Waals surface area (Å²) in [6.45, 7) is 2.04. The standard InChI is InChI=1S/C25H17FN6/c1-14-9-10-27-12-19(14)21-11-18-22(13-28-21)31-32-24(18)25-29-20-4-2-3-17(23(20)30-25)15-5-7-16(26)8-6-15/h2-13H,1H3,(H,29,30)(H,31,32). The van der Waals surface area contributed by atoms with Gasteiger partial charge in [-0.2, -0.15) is 5.10 Å². The highest BCUT2D eigenvalue weighted by molar-refractivity contribution is 5.97. The maximum absolute atomic E-state index is 13.4. The van der Waals surface area contributed by atoms with Crippen molar-refractivity contribution in [2.24, 2.45) is 0 Å². The Balaban J connectivity index is 1.51. The summed E-state index contributed by atoms with van der Waals surface area (Å²) in [5, 5.41) is 8.47.